The second-order valence-corrected chi connectivity index (χ2v) is 6.81. The molecular weight excluding hydrogens is 334 g/mol. The van der Waals surface area contributed by atoms with Gasteiger partial charge in [0.1, 0.15) is 17.0 Å². The van der Waals surface area contributed by atoms with Crippen LogP contribution in [0.5, 0.6) is 0 Å². The topological polar surface area (TPSA) is 37.6 Å². The third-order valence-corrected chi connectivity index (χ3v) is 4.74. The van der Waals surface area contributed by atoms with Gasteiger partial charge in [0.05, 0.1) is 0 Å². The summed E-state index contributed by atoms with van der Waals surface area (Å²) < 4.78 is 1.90. The van der Waals surface area contributed by atoms with Crippen LogP contribution in [0, 0.1) is 13.8 Å². The Labute approximate surface area is 158 Å². The molecule has 4 aromatic rings. The maximum Gasteiger partial charge on any atom is 0.277 e. The third kappa shape index (κ3) is 3.10. The lowest BCUT2D eigenvalue weighted by Crippen LogP contribution is -2.28. The van der Waals surface area contributed by atoms with E-state index in [1.54, 1.807) is 11.9 Å². The van der Waals surface area contributed by atoms with E-state index in [0.29, 0.717) is 11.4 Å². The first-order valence-corrected chi connectivity index (χ1v) is 8.93. The van der Waals surface area contributed by atoms with Gasteiger partial charge in [-0.1, -0.05) is 54.1 Å². The number of amides is 1. The van der Waals surface area contributed by atoms with Crippen LogP contribution in [0.4, 0.5) is 5.69 Å². The fourth-order valence-corrected chi connectivity index (χ4v) is 3.20. The van der Waals surface area contributed by atoms with Gasteiger partial charge in [0.15, 0.2) is 0 Å². The molecule has 134 valence electrons. The summed E-state index contributed by atoms with van der Waals surface area (Å²) in [6.45, 7) is 4.06. The van der Waals surface area contributed by atoms with Crippen LogP contribution in [0.3, 0.4) is 0 Å². The number of aromatic nitrogens is 2. The minimum atomic E-state index is -0.0881. The zero-order chi connectivity index (χ0) is 19.0. The summed E-state index contributed by atoms with van der Waals surface area (Å²) in [6, 6.07) is 21.7. The summed E-state index contributed by atoms with van der Waals surface area (Å²) in [6.07, 6.45) is 1.96. The Morgan fingerprint density at radius 2 is 1.56 bits per heavy atom. The molecule has 4 rings (SSSR count). The molecule has 0 saturated carbocycles. The number of hydrogen-bond donors (Lipinski definition) is 0. The lowest BCUT2D eigenvalue weighted by molar-refractivity contribution is 0.0988. The minimum absolute atomic E-state index is 0.0881. The molecule has 0 aliphatic heterocycles. The average molecular weight is 355 g/mol. The maximum absolute atomic E-state index is 13.5. The fourth-order valence-electron chi connectivity index (χ4n) is 3.20. The molecule has 27 heavy (non-hydrogen) atoms. The van der Waals surface area contributed by atoms with E-state index in [1.165, 1.54) is 5.56 Å². The van der Waals surface area contributed by atoms with Gasteiger partial charge in [0, 0.05) is 24.5 Å². The first-order valence-electron chi connectivity index (χ1n) is 8.93. The van der Waals surface area contributed by atoms with E-state index in [-0.39, 0.29) is 5.91 Å². The van der Waals surface area contributed by atoms with E-state index in [1.807, 2.05) is 91.2 Å². The van der Waals surface area contributed by atoms with Gasteiger partial charge in [-0.2, -0.15) is 0 Å². The van der Waals surface area contributed by atoms with Crippen molar-refractivity contribution < 1.29 is 4.79 Å². The highest BCUT2D eigenvalue weighted by atomic mass is 16.2. The van der Waals surface area contributed by atoms with Gasteiger partial charge in [-0.15, -0.1) is 0 Å². The van der Waals surface area contributed by atoms with Gasteiger partial charge in [0.2, 0.25) is 0 Å². The van der Waals surface area contributed by atoms with Gasteiger partial charge < -0.3 is 4.90 Å². The predicted octanol–water partition coefficient (Wildman–Crippen LogP) is 4.89. The summed E-state index contributed by atoms with van der Waals surface area (Å²) in [4.78, 5) is 19.9. The number of carbonyl (C=O) groups is 1. The normalized spacial score (nSPS) is 10.9. The zero-order valence-corrected chi connectivity index (χ0v) is 15.7. The van der Waals surface area contributed by atoms with E-state index in [2.05, 4.69) is 0 Å². The smallest absolute Gasteiger partial charge is 0.277 e. The number of para-hydroxylation sites is 1. The molecule has 1 amide bonds. The Morgan fingerprint density at radius 1 is 0.889 bits per heavy atom. The van der Waals surface area contributed by atoms with Crippen LogP contribution in [0.25, 0.3) is 16.9 Å². The number of fused-ring (bicyclic) bond motifs is 1. The van der Waals surface area contributed by atoms with E-state index in [0.717, 1.165) is 22.5 Å². The molecule has 0 N–H and O–H groups in total. The number of imidazole rings is 1. The third-order valence-electron chi connectivity index (χ3n) is 4.74. The molecule has 4 heteroatoms. The Morgan fingerprint density at radius 3 is 2.26 bits per heavy atom. The molecule has 4 nitrogen and oxygen atoms in total. The first kappa shape index (κ1) is 17.0. The number of rotatable bonds is 3. The molecule has 0 saturated heterocycles. The Bertz CT molecular complexity index is 1110. The molecular formula is C23H21N3O. The van der Waals surface area contributed by atoms with Crippen molar-refractivity contribution in [3.63, 3.8) is 0 Å². The summed E-state index contributed by atoms with van der Waals surface area (Å²) in [7, 11) is 1.80. The predicted molar refractivity (Wildman–Crippen MR) is 109 cm³/mol. The Hall–Kier alpha value is -3.40. The van der Waals surface area contributed by atoms with Crippen molar-refractivity contribution >= 4 is 17.2 Å². The molecule has 0 unspecified atom stereocenters. The number of aryl methyl sites for hydroxylation is 2. The fraction of sp³-hybridized carbons (Fsp3) is 0.130. The standard InChI is InChI=1S/C23H21N3O/c1-16-9-12-18(13-10-16)21-22(26-15-17(2)11-14-20(26)24-21)23(27)25(3)19-7-5-4-6-8-19/h4-15H,1-3H3. The van der Waals surface area contributed by atoms with E-state index in [9.17, 15) is 4.79 Å². The van der Waals surface area contributed by atoms with Crippen molar-refractivity contribution in [3.05, 3.63) is 89.7 Å². The van der Waals surface area contributed by atoms with Crippen molar-refractivity contribution in [2.24, 2.45) is 0 Å². The van der Waals surface area contributed by atoms with E-state index in [4.69, 9.17) is 4.98 Å². The van der Waals surface area contributed by atoms with E-state index < -0.39 is 0 Å². The van der Waals surface area contributed by atoms with Crippen LogP contribution in [-0.2, 0) is 0 Å². The molecule has 0 aliphatic carbocycles. The monoisotopic (exact) mass is 355 g/mol. The summed E-state index contributed by atoms with van der Waals surface area (Å²) in [5.41, 5.74) is 6.07. The minimum Gasteiger partial charge on any atom is -0.310 e. The Balaban J connectivity index is 1.91. The quantitative estimate of drug-likeness (QED) is 0.524. The van der Waals surface area contributed by atoms with Crippen LogP contribution >= 0.6 is 0 Å². The molecule has 2 aromatic carbocycles. The second-order valence-electron chi connectivity index (χ2n) is 6.81. The number of benzene rings is 2. The number of hydrogen-bond acceptors (Lipinski definition) is 2. The molecule has 2 aromatic heterocycles. The molecule has 0 atom stereocenters. The SMILES string of the molecule is Cc1ccc(-c2nc3ccc(C)cn3c2C(=O)N(C)c2ccccc2)cc1. The summed E-state index contributed by atoms with van der Waals surface area (Å²) in [5, 5.41) is 0. The highest BCUT2D eigenvalue weighted by Crippen LogP contribution is 2.27. The van der Waals surface area contributed by atoms with Gasteiger partial charge in [-0.05, 0) is 37.6 Å². The van der Waals surface area contributed by atoms with Crippen molar-refractivity contribution in [2.45, 2.75) is 13.8 Å². The van der Waals surface area contributed by atoms with Crippen LogP contribution < -0.4 is 4.90 Å². The van der Waals surface area contributed by atoms with Crippen molar-refractivity contribution in [3.8, 4) is 11.3 Å². The number of pyridine rings is 1. The number of anilines is 1. The zero-order valence-electron chi connectivity index (χ0n) is 15.7. The molecule has 0 fully saturated rings. The van der Waals surface area contributed by atoms with E-state index >= 15 is 0 Å². The number of nitrogens with zero attached hydrogens (tertiary/aromatic N) is 3. The lowest BCUT2D eigenvalue weighted by Gasteiger charge is -2.18. The maximum atomic E-state index is 13.5. The average Bonchev–Trinajstić information content (AvgIpc) is 3.06. The second kappa shape index (κ2) is 6.72. The first-order chi connectivity index (χ1) is 13.0. The summed E-state index contributed by atoms with van der Waals surface area (Å²) in [5.74, 6) is -0.0881. The number of carbonyl (C=O) groups excluding carboxylic acids is 1. The van der Waals surface area contributed by atoms with Crippen LogP contribution in [-0.4, -0.2) is 22.3 Å². The van der Waals surface area contributed by atoms with Crippen LogP contribution in [0.15, 0.2) is 72.9 Å². The highest BCUT2D eigenvalue weighted by molar-refractivity contribution is 6.09. The molecule has 0 aliphatic rings. The largest absolute Gasteiger partial charge is 0.310 e. The van der Waals surface area contributed by atoms with Gasteiger partial charge >= 0.3 is 0 Å². The van der Waals surface area contributed by atoms with Crippen molar-refractivity contribution in [2.75, 3.05) is 11.9 Å². The lowest BCUT2D eigenvalue weighted by atomic mass is 10.1. The van der Waals surface area contributed by atoms with Crippen LogP contribution in [0.2, 0.25) is 0 Å². The molecule has 0 radical (unpaired) electrons. The van der Waals surface area contributed by atoms with Crippen molar-refractivity contribution in [1.29, 1.82) is 0 Å². The molecule has 2 heterocycles. The van der Waals surface area contributed by atoms with Crippen LogP contribution in [0.1, 0.15) is 21.6 Å². The molecule has 0 bridgehead atoms. The highest BCUT2D eigenvalue weighted by Gasteiger charge is 2.24. The van der Waals surface area contributed by atoms with Gasteiger partial charge in [0.25, 0.3) is 5.91 Å². The van der Waals surface area contributed by atoms with Crippen molar-refractivity contribution in [1.82, 2.24) is 9.38 Å². The van der Waals surface area contributed by atoms with Gasteiger partial charge in [-0.3, -0.25) is 9.20 Å². The van der Waals surface area contributed by atoms with Gasteiger partial charge in [-0.25, -0.2) is 4.98 Å². The summed E-state index contributed by atoms with van der Waals surface area (Å²) >= 11 is 0. The molecule has 0 spiro atoms. The Kier molecular flexibility index (Phi) is 4.24.